The lowest BCUT2D eigenvalue weighted by atomic mass is 10.1. The average Bonchev–Trinajstić information content (AvgIpc) is 2.40. The number of nitrogen functional groups attached to an aromatic ring is 1. The van der Waals surface area contributed by atoms with Gasteiger partial charge in [-0.1, -0.05) is 11.6 Å². The predicted octanol–water partition coefficient (Wildman–Crippen LogP) is 4.56. The van der Waals surface area contributed by atoms with Crippen LogP contribution in [0.5, 0.6) is 0 Å². The molecule has 0 bridgehead atoms. The van der Waals surface area contributed by atoms with Crippen molar-refractivity contribution in [3.05, 3.63) is 52.5 Å². The van der Waals surface area contributed by atoms with Gasteiger partial charge in [0.1, 0.15) is 6.07 Å². The first kappa shape index (κ1) is 15.0. The van der Waals surface area contributed by atoms with Crippen LogP contribution >= 0.6 is 11.6 Å². The van der Waals surface area contributed by atoms with E-state index in [0.29, 0.717) is 16.3 Å². The highest BCUT2D eigenvalue weighted by molar-refractivity contribution is 6.30. The highest BCUT2D eigenvalue weighted by Crippen LogP contribution is 2.34. The van der Waals surface area contributed by atoms with Crippen LogP contribution in [0.1, 0.15) is 11.1 Å². The van der Waals surface area contributed by atoms with Crippen LogP contribution in [0.3, 0.4) is 0 Å². The van der Waals surface area contributed by atoms with Crippen LogP contribution in [-0.2, 0) is 6.18 Å². The van der Waals surface area contributed by atoms with Crippen molar-refractivity contribution in [3.8, 4) is 6.07 Å². The first-order valence-corrected chi connectivity index (χ1v) is 6.12. The van der Waals surface area contributed by atoms with E-state index in [9.17, 15) is 13.2 Å². The minimum Gasteiger partial charge on any atom is -0.397 e. The topological polar surface area (TPSA) is 61.8 Å². The van der Waals surface area contributed by atoms with E-state index in [0.717, 1.165) is 12.1 Å². The van der Waals surface area contributed by atoms with Crippen LogP contribution in [-0.4, -0.2) is 0 Å². The number of nitrogens with two attached hydrogens (primary N) is 1. The van der Waals surface area contributed by atoms with Crippen molar-refractivity contribution in [2.24, 2.45) is 0 Å². The summed E-state index contributed by atoms with van der Waals surface area (Å²) in [6, 6.07) is 9.45. The normalized spacial score (nSPS) is 11.0. The molecule has 3 N–H and O–H groups in total. The SMILES string of the molecule is N#Cc1ccc(Cl)cc1Nc1ccc(C(F)(F)F)cc1N. The summed E-state index contributed by atoms with van der Waals surface area (Å²) < 4.78 is 37.7. The molecular formula is C14H9ClF3N3. The van der Waals surface area contributed by atoms with Gasteiger partial charge >= 0.3 is 6.18 Å². The van der Waals surface area contributed by atoms with Crippen LogP contribution in [0.25, 0.3) is 0 Å². The second-order valence-electron chi connectivity index (χ2n) is 4.23. The third-order valence-corrected chi connectivity index (χ3v) is 2.99. The Balaban J connectivity index is 2.37. The molecule has 0 aliphatic rings. The van der Waals surface area contributed by atoms with Gasteiger partial charge in [-0.25, -0.2) is 0 Å². The molecule has 0 spiro atoms. The molecule has 0 atom stereocenters. The van der Waals surface area contributed by atoms with Gasteiger partial charge < -0.3 is 11.1 Å². The lowest BCUT2D eigenvalue weighted by Crippen LogP contribution is -2.07. The summed E-state index contributed by atoms with van der Waals surface area (Å²) in [5.74, 6) is 0. The Morgan fingerprint density at radius 2 is 1.81 bits per heavy atom. The first-order valence-electron chi connectivity index (χ1n) is 5.74. The molecule has 0 aliphatic heterocycles. The van der Waals surface area contributed by atoms with E-state index >= 15 is 0 Å². The second-order valence-corrected chi connectivity index (χ2v) is 4.66. The summed E-state index contributed by atoms with van der Waals surface area (Å²) in [7, 11) is 0. The monoisotopic (exact) mass is 311 g/mol. The number of hydrogen-bond donors (Lipinski definition) is 2. The summed E-state index contributed by atoms with van der Waals surface area (Å²) in [4.78, 5) is 0. The van der Waals surface area contributed by atoms with Crippen molar-refractivity contribution >= 4 is 28.7 Å². The van der Waals surface area contributed by atoms with Gasteiger partial charge in [0.25, 0.3) is 0 Å². The quantitative estimate of drug-likeness (QED) is 0.799. The van der Waals surface area contributed by atoms with E-state index in [1.807, 2.05) is 6.07 Å². The van der Waals surface area contributed by atoms with E-state index in [1.165, 1.54) is 18.2 Å². The van der Waals surface area contributed by atoms with Crippen molar-refractivity contribution in [2.75, 3.05) is 11.1 Å². The highest BCUT2D eigenvalue weighted by Gasteiger charge is 2.30. The number of benzene rings is 2. The zero-order chi connectivity index (χ0) is 15.6. The van der Waals surface area contributed by atoms with Gasteiger partial charge in [-0.3, -0.25) is 0 Å². The first-order chi connectivity index (χ1) is 9.81. The maximum absolute atomic E-state index is 12.6. The molecule has 0 fully saturated rings. The number of alkyl halides is 3. The largest absolute Gasteiger partial charge is 0.416 e. The van der Waals surface area contributed by atoms with E-state index in [1.54, 1.807) is 6.07 Å². The Hall–Kier alpha value is -2.39. The third kappa shape index (κ3) is 3.38. The molecule has 0 heterocycles. The zero-order valence-corrected chi connectivity index (χ0v) is 11.3. The Bertz CT molecular complexity index is 720. The lowest BCUT2D eigenvalue weighted by molar-refractivity contribution is -0.137. The van der Waals surface area contributed by atoms with Crippen molar-refractivity contribution < 1.29 is 13.2 Å². The average molecular weight is 312 g/mol. The van der Waals surface area contributed by atoms with Gasteiger partial charge in [-0.2, -0.15) is 18.4 Å². The molecule has 3 nitrogen and oxygen atoms in total. The van der Waals surface area contributed by atoms with Crippen molar-refractivity contribution in [2.45, 2.75) is 6.18 Å². The summed E-state index contributed by atoms with van der Waals surface area (Å²) in [5.41, 5.74) is 5.65. The minimum atomic E-state index is -4.46. The summed E-state index contributed by atoms with van der Waals surface area (Å²) in [5, 5.41) is 12.2. The second kappa shape index (κ2) is 5.54. The van der Waals surface area contributed by atoms with Gasteiger partial charge in [-0.05, 0) is 36.4 Å². The molecule has 0 aliphatic carbocycles. The van der Waals surface area contributed by atoms with Gasteiger partial charge in [0.15, 0.2) is 0 Å². The van der Waals surface area contributed by atoms with Crippen molar-refractivity contribution in [1.82, 2.24) is 0 Å². The van der Waals surface area contributed by atoms with E-state index < -0.39 is 11.7 Å². The minimum absolute atomic E-state index is 0.0753. The third-order valence-electron chi connectivity index (χ3n) is 2.75. The summed E-state index contributed by atoms with van der Waals surface area (Å²) >= 11 is 5.84. The molecule has 0 saturated carbocycles. The molecule has 0 radical (unpaired) electrons. The smallest absolute Gasteiger partial charge is 0.397 e. The van der Waals surface area contributed by atoms with E-state index in [-0.39, 0.29) is 11.4 Å². The molecule has 0 aromatic heterocycles. The molecule has 2 aromatic carbocycles. The molecule has 7 heteroatoms. The van der Waals surface area contributed by atoms with E-state index in [2.05, 4.69) is 5.32 Å². The standard InChI is InChI=1S/C14H9ClF3N3/c15-10-3-1-8(7-19)13(6-10)21-12-4-2-9(5-11(12)20)14(16,17)18/h1-6,21H,20H2. The number of anilines is 3. The fourth-order valence-corrected chi connectivity index (χ4v) is 1.89. The Morgan fingerprint density at radius 3 is 2.38 bits per heavy atom. The fraction of sp³-hybridized carbons (Fsp3) is 0.0714. The van der Waals surface area contributed by atoms with Crippen molar-refractivity contribution in [3.63, 3.8) is 0 Å². The zero-order valence-electron chi connectivity index (χ0n) is 10.5. The molecule has 0 unspecified atom stereocenters. The Morgan fingerprint density at radius 1 is 1.10 bits per heavy atom. The summed E-state index contributed by atoms with van der Waals surface area (Å²) in [6.07, 6.45) is -4.46. The van der Waals surface area contributed by atoms with Crippen LogP contribution in [0, 0.1) is 11.3 Å². The number of nitrogens with zero attached hydrogens (tertiary/aromatic N) is 1. The van der Waals surface area contributed by atoms with Gasteiger partial charge in [-0.15, -0.1) is 0 Å². The molecule has 0 amide bonds. The van der Waals surface area contributed by atoms with Crippen LogP contribution in [0.15, 0.2) is 36.4 Å². The highest BCUT2D eigenvalue weighted by atomic mass is 35.5. The van der Waals surface area contributed by atoms with Gasteiger partial charge in [0.2, 0.25) is 0 Å². The van der Waals surface area contributed by atoms with Gasteiger partial charge in [0.05, 0.1) is 28.2 Å². The molecule has 108 valence electrons. The molecule has 21 heavy (non-hydrogen) atoms. The van der Waals surface area contributed by atoms with Gasteiger partial charge in [0, 0.05) is 5.02 Å². The van der Waals surface area contributed by atoms with Crippen LogP contribution < -0.4 is 11.1 Å². The lowest BCUT2D eigenvalue weighted by Gasteiger charge is -2.13. The Kier molecular flexibility index (Phi) is 3.96. The molecule has 2 aromatic rings. The number of hydrogen-bond acceptors (Lipinski definition) is 3. The van der Waals surface area contributed by atoms with E-state index in [4.69, 9.17) is 22.6 Å². The maximum atomic E-state index is 12.6. The van der Waals surface area contributed by atoms with Crippen LogP contribution in [0.2, 0.25) is 5.02 Å². The number of nitrogens with one attached hydrogen (secondary N) is 1. The fourth-order valence-electron chi connectivity index (χ4n) is 1.72. The number of halogens is 4. The summed E-state index contributed by atoms with van der Waals surface area (Å²) in [6.45, 7) is 0. The van der Waals surface area contributed by atoms with Crippen molar-refractivity contribution in [1.29, 1.82) is 5.26 Å². The number of nitriles is 1. The maximum Gasteiger partial charge on any atom is 0.416 e. The van der Waals surface area contributed by atoms with Crippen LogP contribution in [0.4, 0.5) is 30.2 Å². The predicted molar refractivity (Wildman–Crippen MR) is 75.3 cm³/mol. The molecule has 2 rings (SSSR count). The molecule has 0 saturated heterocycles. The Labute approximate surface area is 123 Å². The number of rotatable bonds is 2. The molecular weight excluding hydrogens is 303 g/mol.